The largest absolute Gasteiger partial charge is 0.176 e. The van der Waals surface area contributed by atoms with Crippen LogP contribution in [0.3, 0.4) is 0 Å². The maximum absolute atomic E-state index is 5.96. The molecular weight excluding hydrogens is 172 g/mol. The molecule has 0 rings (SSSR count). The molecule has 0 fully saturated rings. The van der Waals surface area contributed by atoms with Crippen LogP contribution in [-0.2, 0) is 0 Å². The van der Waals surface area contributed by atoms with Gasteiger partial charge in [-0.1, -0.05) is 41.5 Å². The van der Waals surface area contributed by atoms with Crippen molar-refractivity contribution >= 4 is 19.9 Å². The zero-order chi connectivity index (χ0) is 9.28. The van der Waals surface area contributed by atoms with E-state index in [2.05, 4.69) is 41.5 Å². The number of hydrogen-bond acceptors (Lipinski definition) is 0. The van der Waals surface area contributed by atoms with E-state index in [4.69, 9.17) is 11.1 Å². The van der Waals surface area contributed by atoms with Gasteiger partial charge in [-0.25, -0.2) is 0 Å². The minimum atomic E-state index is 0.332. The second kappa shape index (κ2) is 3.49. The van der Waals surface area contributed by atoms with Crippen molar-refractivity contribution in [3.05, 3.63) is 0 Å². The Kier molecular flexibility index (Phi) is 3.65. The van der Waals surface area contributed by atoms with Crippen molar-refractivity contribution in [3.8, 4) is 0 Å². The molecule has 0 saturated carbocycles. The van der Waals surface area contributed by atoms with Gasteiger partial charge in [0.15, 0.2) is 8.83 Å². The van der Waals surface area contributed by atoms with E-state index in [1.807, 2.05) is 0 Å². The average Bonchev–Trinajstić information content (AvgIpc) is 1.56. The Labute approximate surface area is 78.2 Å². The van der Waals surface area contributed by atoms with Gasteiger partial charge in [0.05, 0.1) is 0 Å². The van der Waals surface area contributed by atoms with E-state index >= 15 is 0 Å². The summed E-state index contributed by atoms with van der Waals surface area (Å²) in [5.74, 6) is 0. The monoisotopic (exact) mass is 190 g/mol. The Bertz CT molecular complexity index is 105. The van der Waals surface area contributed by atoms with Crippen LogP contribution in [0.5, 0.6) is 0 Å². The van der Waals surface area contributed by atoms with Crippen LogP contribution in [0.15, 0.2) is 0 Å². The molecule has 0 unspecified atom stereocenters. The summed E-state index contributed by atoms with van der Waals surface area (Å²) in [7, 11) is 0.524. The number of halogens is 1. The molecular formula is C9H19ClSi. The highest BCUT2D eigenvalue weighted by Gasteiger charge is 2.34. The topological polar surface area (TPSA) is 0 Å². The molecule has 11 heavy (non-hydrogen) atoms. The van der Waals surface area contributed by atoms with E-state index in [1.54, 1.807) is 0 Å². The van der Waals surface area contributed by atoms with Crippen LogP contribution < -0.4 is 0 Å². The van der Waals surface area contributed by atoms with Crippen molar-refractivity contribution in [2.75, 3.05) is 0 Å². The van der Waals surface area contributed by atoms with Gasteiger partial charge in [-0.05, 0) is 16.4 Å². The molecule has 0 aliphatic heterocycles. The Hall–Kier alpha value is 0.507. The smallest absolute Gasteiger partial charge is 0.171 e. The SMILES string of the molecule is CC(C)(C)C([Si]Cl)C(C)(C)C. The molecule has 0 amide bonds. The molecule has 0 aliphatic carbocycles. The normalized spacial score (nSPS) is 14.2. The maximum atomic E-state index is 5.96. The zero-order valence-corrected chi connectivity index (χ0v) is 10.2. The molecule has 0 atom stereocenters. The van der Waals surface area contributed by atoms with Gasteiger partial charge in [-0.2, -0.15) is 11.1 Å². The Morgan fingerprint density at radius 3 is 1.18 bits per heavy atom. The van der Waals surface area contributed by atoms with Gasteiger partial charge < -0.3 is 0 Å². The maximum Gasteiger partial charge on any atom is 0.176 e. The fourth-order valence-electron chi connectivity index (χ4n) is 1.63. The van der Waals surface area contributed by atoms with Crippen molar-refractivity contribution in [1.82, 2.24) is 0 Å². The highest BCUT2D eigenvalue weighted by molar-refractivity contribution is 6.94. The van der Waals surface area contributed by atoms with Crippen molar-refractivity contribution in [2.24, 2.45) is 10.8 Å². The molecule has 0 aliphatic rings. The quantitative estimate of drug-likeness (QED) is 0.437. The molecule has 0 aromatic rings. The first-order valence-corrected chi connectivity index (χ1v) is 6.14. The van der Waals surface area contributed by atoms with Crippen LogP contribution in [0.4, 0.5) is 0 Å². The van der Waals surface area contributed by atoms with E-state index < -0.39 is 0 Å². The minimum Gasteiger partial charge on any atom is -0.171 e. The lowest BCUT2D eigenvalue weighted by atomic mass is 9.77. The summed E-state index contributed by atoms with van der Waals surface area (Å²) in [6.07, 6.45) is 0. The molecule has 66 valence electrons. The van der Waals surface area contributed by atoms with Crippen LogP contribution in [0.1, 0.15) is 41.5 Å². The molecule has 0 aromatic heterocycles. The molecule has 2 radical (unpaired) electrons. The van der Waals surface area contributed by atoms with Gasteiger partial charge in [0.1, 0.15) is 0 Å². The van der Waals surface area contributed by atoms with Crippen molar-refractivity contribution in [2.45, 2.75) is 47.1 Å². The lowest BCUT2D eigenvalue weighted by Gasteiger charge is -2.38. The summed E-state index contributed by atoms with van der Waals surface area (Å²) in [5.41, 5.74) is 1.27. The molecule has 0 spiro atoms. The summed E-state index contributed by atoms with van der Waals surface area (Å²) >= 11 is 5.96. The van der Waals surface area contributed by atoms with Gasteiger partial charge in [0, 0.05) is 0 Å². The van der Waals surface area contributed by atoms with Crippen LogP contribution in [0.2, 0.25) is 5.54 Å². The first-order chi connectivity index (χ1) is 4.69. The highest BCUT2D eigenvalue weighted by Crippen LogP contribution is 2.44. The molecule has 0 heterocycles. The molecule has 0 bridgehead atoms. The van der Waals surface area contributed by atoms with Gasteiger partial charge in [-0.3, -0.25) is 0 Å². The summed E-state index contributed by atoms with van der Waals surface area (Å²) in [5, 5.41) is 0. The summed E-state index contributed by atoms with van der Waals surface area (Å²) in [6, 6.07) is 0. The van der Waals surface area contributed by atoms with Crippen LogP contribution >= 0.6 is 11.1 Å². The molecule has 0 N–H and O–H groups in total. The lowest BCUT2D eigenvalue weighted by Crippen LogP contribution is -2.29. The van der Waals surface area contributed by atoms with Crippen LogP contribution in [0.25, 0.3) is 0 Å². The van der Waals surface area contributed by atoms with Gasteiger partial charge in [0.2, 0.25) is 0 Å². The summed E-state index contributed by atoms with van der Waals surface area (Å²) in [6.45, 7) is 13.6. The molecule has 0 nitrogen and oxygen atoms in total. The van der Waals surface area contributed by atoms with E-state index in [-0.39, 0.29) is 0 Å². The Morgan fingerprint density at radius 2 is 1.18 bits per heavy atom. The summed E-state index contributed by atoms with van der Waals surface area (Å²) in [4.78, 5) is 0. The summed E-state index contributed by atoms with van der Waals surface area (Å²) < 4.78 is 0. The molecule has 0 saturated heterocycles. The third-order valence-electron chi connectivity index (χ3n) is 1.84. The van der Waals surface area contributed by atoms with Crippen LogP contribution in [0, 0.1) is 10.8 Å². The van der Waals surface area contributed by atoms with Crippen molar-refractivity contribution in [1.29, 1.82) is 0 Å². The fraction of sp³-hybridized carbons (Fsp3) is 1.00. The van der Waals surface area contributed by atoms with Gasteiger partial charge in [-0.15, -0.1) is 0 Å². The van der Waals surface area contributed by atoms with Gasteiger partial charge in [0.25, 0.3) is 0 Å². The second-order valence-corrected chi connectivity index (χ2v) is 6.72. The van der Waals surface area contributed by atoms with Crippen molar-refractivity contribution in [3.63, 3.8) is 0 Å². The standard InChI is InChI=1S/C9H19ClSi/c1-8(2,3)7(11-10)9(4,5)6/h7H,1-6H3. The third kappa shape index (κ3) is 3.61. The van der Waals surface area contributed by atoms with Gasteiger partial charge >= 0.3 is 0 Å². The first-order valence-electron chi connectivity index (χ1n) is 4.06. The van der Waals surface area contributed by atoms with E-state index in [0.717, 1.165) is 0 Å². The highest BCUT2D eigenvalue weighted by atomic mass is 35.6. The number of rotatable bonds is 1. The van der Waals surface area contributed by atoms with Crippen molar-refractivity contribution < 1.29 is 0 Å². The third-order valence-corrected chi connectivity index (χ3v) is 4.45. The second-order valence-electron chi connectivity index (χ2n) is 5.27. The molecule has 2 heteroatoms. The molecule has 0 aromatic carbocycles. The van der Waals surface area contributed by atoms with E-state index in [9.17, 15) is 0 Å². The Balaban J connectivity index is 4.43. The average molecular weight is 191 g/mol. The fourth-order valence-corrected chi connectivity index (χ4v) is 4.24. The van der Waals surface area contributed by atoms with E-state index in [1.165, 1.54) is 0 Å². The predicted octanol–water partition coefficient (Wildman–Crippen LogP) is 3.73. The number of hydrogen-bond donors (Lipinski definition) is 0. The predicted molar refractivity (Wildman–Crippen MR) is 54.3 cm³/mol. The first kappa shape index (κ1) is 11.5. The lowest BCUT2D eigenvalue weighted by molar-refractivity contribution is 0.234. The van der Waals surface area contributed by atoms with E-state index in [0.29, 0.717) is 25.2 Å². The minimum absolute atomic E-state index is 0.332. The Morgan fingerprint density at radius 1 is 0.909 bits per heavy atom. The zero-order valence-electron chi connectivity index (χ0n) is 8.46. The van der Waals surface area contributed by atoms with Crippen LogP contribution in [-0.4, -0.2) is 8.83 Å².